The van der Waals surface area contributed by atoms with Crippen LogP contribution < -0.4 is 9.80 Å². The Morgan fingerprint density at radius 2 is 0.533 bits per heavy atom. The van der Waals surface area contributed by atoms with Crippen molar-refractivity contribution < 1.29 is 0 Å². The maximum Gasteiger partial charge on any atom is 0.0546 e. The molecule has 0 spiro atoms. The van der Waals surface area contributed by atoms with Crippen LogP contribution in [0, 0.1) is 0 Å². The first kappa shape index (κ1) is 35.2. The fourth-order valence-corrected chi connectivity index (χ4v) is 8.95. The number of rotatable bonds is 8. The van der Waals surface area contributed by atoms with Gasteiger partial charge in [0.1, 0.15) is 0 Å². The lowest BCUT2D eigenvalue weighted by molar-refractivity contribution is 1.30. The minimum Gasteiger partial charge on any atom is -0.310 e. The first-order valence-corrected chi connectivity index (χ1v) is 20.6. The zero-order valence-corrected chi connectivity index (χ0v) is 33.0. The first-order valence-electron chi connectivity index (χ1n) is 20.6. The summed E-state index contributed by atoms with van der Waals surface area (Å²) >= 11 is 0. The molecule has 0 aliphatic carbocycles. The first-order chi connectivity index (χ1) is 29.8. The lowest BCUT2D eigenvalue weighted by atomic mass is 9.97. The number of nitrogens with zero attached hydrogens (tertiary/aromatic N) is 2. The molecule has 0 unspecified atom stereocenters. The number of benzene rings is 11. The van der Waals surface area contributed by atoms with Gasteiger partial charge in [-0.25, -0.2) is 0 Å². The molecule has 11 aromatic carbocycles. The van der Waals surface area contributed by atoms with Crippen LogP contribution in [0.4, 0.5) is 34.1 Å². The van der Waals surface area contributed by atoms with Crippen molar-refractivity contribution in [3.8, 4) is 22.3 Å². The van der Waals surface area contributed by atoms with Crippen LogP contribution in [-0.4, -0.2) is 0 Å². The molecule has 0 saturated carbocycles. The fraction of sp³-hybridized carbons (Fsp3) is 0. The van der Waals surface area contributed by atoms with Crippen molar-refractivity contribution in [2.24, 2.45) is 0 Å². The van der Waals surface area contributed by atoms with E-state index in [4.69, 9.17) is 0 Å². The smallest absolute Gasteiger partial charge is 0.0546 e. The van der Waals surface area contributed by atoms with Gasteiger partial charge in [-0.2, -0.15) is 0 Å². The zero-order valence-electron chi connectivity index (χ0n) is 33.0. The molecule has 0 fully saturated rings. The molecule has 0 saturated heterocycles. The van der Waals surface area contributed by atoms with E-state index in [0.717, 1.165) is 45.3 Å². The topological polar surface area (TPSA) is 6.48 Å². The summed E-state index contributed by atoms with van der Waals surface area (Å²) in [5.74, 6) is 0. The van der Waals surface area contributed by atoms with Crippen LogP contribution in [-0.2, 0) is 0 Å². The van der Waals surface area contributed by atoms with Gasteiger partial charge in [-0.05, 0) is 115 Å². The summed E-state index contributed by atoms with van der Waals surface area (Å²) in [5.41, 5.74) is 11.4. The maximum absolute atomic E-state index is 2.40. The Kier molecular flexibility index (Phi) is 8.87. The molecular formula is C58H40N2. The Hall–Kier alpha value is -7.94. The molecule has 0 heterocycles. The highest BCUT2D eigenvalue weighted by Crippen LogP contribution is 2.45. The average molecular weight is 765 g/mol. The van der Waals surface area contributed by atoms with Gasteiger partial charge in [0, 0.05) is 33.5 Å². The highest BCUT2D eigenvalue weighted by atomic mass is 15.1. The lowest BCUT2D eigenvalue weighted by Crippen LogP contribution is -2.10. The summed E-state index contributed by atoms with van der Waals surface area (Å²) in [4.78, 5) is 4.80. The minimum absolute atomic E-state index is 1.11. The molecule has 0 aromatic heterocycles. The van der Waals surface area contributed by atoms with Crippen LogP contribution in [0.5, 0.6) is 0 Å². The molecule has 2 nitrogen and oxygen atoms in total. The highest BCUT2D eigenvalue weighted by molar-refractivity contribution is 6.16. The predicted octanol–water partition coefficient (Wildman–Crippen LogP) is 16.6. The van der Waals surface area contributed by atoms with Gasteiger partial charge >= 0.3 is 0 Å². The van der Waals surface area contributed by atoms with Gasteiger partial charge in [-0.3, -0.25) is 0 Å². The normalized spacial score (nSPS) is 11.3. The Labute approximate surface area is 350 Å². The second-order valence-electron chi connectivity index (χ2n) is 15.3. The second kappa shape index (κ2) is 15.1. The van der Waals surface area contributed by atoms with Crippen LogP contribution in [0.2, 0.25) is 0 Å². The van der Waals surface area contributed by atoms with Crippen molar-refractivity contribution in [2.45, 2.75) is 0 Å². The van der Waals surface area contributed by atoms with Gasteiger partial charge in [0.2, 0.25) is 0 Å². The third-order valence-electron chi connectivity index (χ3n) is 11.8. The van der Waals surface area contributed by atoms with E-state index in [1.165, 1.54) is 54.2 Å². The maximum atomic E-state index is 2.40. The van der Waals surface area contributed by atoms with Gasteiger partial charge in [0.15, 0.2) is 0 Å². The van der Waals surface area contributed by atoms with Crippen molar-refractivity contribution in [3.63, 3.8) is 0 Å². The number of hydrogen-bond donors (Lipinski definition) is 0. The summed E-state index contributed by atoms with van der Waals surface area (Å²) in [5, 5.41) is 9.91. The monoisotopic (exact) mass is 764 g/mol. The highest BCUT2D eigenvalue weighted by Gasteiger charge is 2.20. The molecule has 11 rings (SSSR count). The van der Waals surface area contributed by atoms with Crippen molar-refractivity contribution in [2.75, 3.05) is 9.80 Å². The van der Waals surface area contributed by atoms with Crippen molar-refractivity contribution in [1.29, 1.82) is 0 Å². The van der Waals surface area contributed by atoms with E-state index in [1.807, 2.05) is 0 Å². The molecule has 0 radical (unpaired) electrons. The molecule has 0 N–H and O–H groups in total. The Morgan fingerprint density at radius 1 is 0.200 bits per heavy atom. The third kappa shape index (κ3) is 6.32. The molecule has 0 amide bonds. The average Bonchev–Trinajstić information content (AvgIpc) is 3.33. The standard InChI is InChI=1S/C58H40N2/c1-3-21-47(22-4-1)59(57-39-45-17-7-9-27-51(45)53-29-11-13-31-55(53)57)49-25-15-19-43(37-49)41-33-35-42(36-34-41)44-20-16-26-50(38-44)60(48-23-5-2-6-24-48)58-40-46-18-8-10-28-52(46)54-30-12-14-32-56(54)58/h1-40H. The molecule has 0 aliphatic rings. The van der Waals surface area contributed by atoms with Crippen LogP contribution in [0.25, 0.3) is 65.3 Å². The zero-order chi connectivity index (χ0) is 39.8. The van der Waals surface area contributed by atoms with Crippen molar-refractivity contribution in [1.82, 2.24) is 0 Å². The van der Waals surface area contributed by atoms with E-state index in [9.17, 15) is 0 Å². The van der Waals surface area contributed by atoms with Gasteiger partial charge in [0.25, 0.3) is 0 Å². The summed E-state index contributed by atoms with van der Waals surface area (Å²) < 4.78 is 0. The summed E-state index contributed by atoms with van der Waals surface area (Å²) in [7, 11) is 0. The molecule has 11 aromatic rings. The largest absolute Gasteiger partial charge is 0.310 e. The molecule has 0 bridgehead atoms. The molecule has 2 heteroatoms. The van der Waals surface area contributed by atoms with Crippen LogP contribution in [0.3, 0.4) is 0 Å². The van der Waals surface area contributed by atoms with Crippen molar-refractivity contribution in [3.05, 3.63) is 243 Å². The molecule has 282 valence electrons. The van der Waals surface area contributed by atoms with Gasteiger partial charge < -0.3 is 9.80 Å². The summed E-state index contributed by atoms with van der Waals surface area (Å²) in [6.45, 7) is 0. The van der Waals surface area contributed by atoms with Crippen LogP contribution in [0.1, 0.15) is 0 Å². The molecule has 60 heavy (non-hydrogen) atoms. The molecular weight excluding hydrogens is 725 g/mol. The quantitative estimate of drug-likeness (QED) is 0.142. The summed E-state index contributed by atoms with van der Waals surface area (Å²) in [6.07, 6.45) is 0. The second-order valence-corrected chi connectivity index (χ2v) is 15.3. The summed E-state index contributed by atoms with van der Waals surface area (Å²) in [6, 6.07) is 87.9. The predicted molar refractivity (Wildman–Crippen MR) is 257 cm³/mol. The van der Waals surface area contributed by atoms with Crippen LogP contribution >= 0.6 is 0 Å². The van der Waals surface area contributed by atoms with E-state index in [2.05, 4.69) is 252 Å². The third-order valence-corrected chi connectivity index (χ3v) is 11.8. The van der Waals surface area contributed by atoms with Crippen molar-refractivity contribution >= 4 is 77.2 Å². The fourth-order valence-electron chi connectivity index (χ4n) is 8.95. The SMILES string of the molecule is c1ccc(N(c2cccc(-c3ccc(-c4cccc(N(c5ccccc5)c5cc6ccccc6c6ccccc56)c4)cc3)c2)c2cc3ccccc3c3ccccc23)cc1. The van der Waals surface area contributed by atoms with Gasteiger partial charge in [-0.1, -0.05) is 182 Å². The number of anilines is 6. The molecule has 0 aliphatic heterocycles. The number of fused-ring (bicyclic) bond motifs is 6. The Balaban J connectivity index is 0.978. The number of hydrogen-bond acceptors (Lipinski definition) is 2. The van der Waals surface area contributed by atoms with E-state index in [0.29, 0.717) is 0 Å². The lowest BCUT2D eigenvalue weighted by Gasteiger charge is -2.28. The number of para-hydroxylation sites is 2. The van der Waals surface area contributed by atoms with E-state index >= 15 is 0 Å². The van der Waals surface area contributed by atoms with E-state index < -0.39 is 0 Å². The van der Waals surface area contributed by atoms with Gasteiger partial charge in [0.05, 0.1) is 11.4 Å². The Bertz CT molecular complexity index is 3090. The molecule has 0 atom stereocenters. The van der Waals surface area contributed by atoms with E-state index in [-0.39, 0.29) is 0 Å². The van der Waals surface area contributed by atoms with Gasteiger partial charge in [-0.15, -0.1) is 0 Å². The van der Waals surface area contributed by atoms with E-state index in [1.54, 1.807) is 0 Å². The van der Waals surface area contributed by atoms with Crippen LogP contribution in [0.15, 0.2) is 243 Å². The minimum atomic E-state index is 1.11. The Morgan fingerprint density at radius 3 is 0.950 bits per heavy atom.